The van der Waals surface area contributed by atoms with Crippen LogP contribution in [-0.2, 0) is 6.42 Å². The first-order valence-corrected chi connectivity index (χ1v) is 16.9. The van der Waals surface area contributed by atoms with Gasteiger partial charge in [-0.05, 0) is 73.7 Å². The van der Waals surface area contributed by atoms with E-state index in [4.69, 9.17) is 0 Å². The lowest BCUT2D eigenvalue weighted by Gasteiger charge is -2.24. The zero-order chi connectivity index (χ0) is 32.9. The molecule has 4 aromatic carbocycles. The number of para-hydroxylation sites is 3. The number of nitrogens with zero attached hydrogens (tertiary/aromatic N) is 4. The van der Waals surface area contributed by atoms with Gasteiger partial charge in [-0.2, -0.15) is 10.5 Å². The Kier molecular flexibility index (Phi) is 6.89. The maximum atomic E-state index is 10.1. The Balaban J connectivity index is 1.15. The number of hydrogen-bond donors (Lipinski definition) is 0. The van der Waals surface area contributed by atoms with Gasteiger partial charge in [0.25, 0.3) is 0 Å². The minimum absolute atomic E-state index is 0.150. The summed E-state index contributed by atoms with van der Waals surface area (Å²) in [4.78, 5) is 0. The topological polar surface area (TPSA) is 57.4 Å². The summed E-state index contributed by atoms with van der Waals surface area (Å²) in [7, 11) is 0. The largest absolute Gasteiger partial charge is 0.313 e. The smallest absolute Gasteiger partial charge is 0.0992 e. The van der Waals surface area contributed by atoms with Crippen LogP contribution in [0, 0.1) is 28.6 Å². The van der Waals surface area contributed by atoms with Crippen LogP contribution >= 0.6 is 0 Å². The summed E-state index contributed by atoms with van der Waals surface area (Å²) < 4.78 is 4.70. The molecule has 0 radical (unpaired) electrons. The number of fused-ring (bicyclic) bond motifs is 6. The summed E-state index contributed by atoms with van der Waals surface area (Å²) in [5, 5.41) is 23.7. The summed E-state index contributed by atoms with van der Waals surface area (Å²) in [6, 6.07) is 36.5. The van der Waals surface area contributed by atoms with Crippen molar-refractivity contribution in [3.63, 3.8) is 0 Å². The molecule has 2 heterocycles. The molecule has 4 nitrogen and oxygen atoms in total. The summed E-state index contributed by atoms with van der Waals surface area (Å²) >= 11 is 0. The van der Waals surface area contributed by atoms with E-state index in [1.165, 1.54) is 44.1 Å². The molecule has 3 aliphatic carbocycles. The van der Waals surface area contributed by atoms with Gasteiger partial charge in [0.05, 0.1) is 45.5 Å². The summed E-state index contributed by atoms with van der Waals surface area (Å²) in [6.07, 6.45) is 21.2. The van der Waals surface area contributed by atoms with Crippen molar-refractivity contribution in [3.8, 4) is 17.8 Å². The monoisotopic (exact) mass is 628 g/mol. The summed E-state index contributed by atoms with van der Waals surface area (Å²) in [5.41, 5.74) is 13.0. The van der Waals surface area contributed by atoms with E-state index < -0.39 is 0 Å². The third-order valence-corrected chi connectivity index (χ3v) is 10.3. The van der Waals surface area contributed by atoms with Crippen molar-refractivity contribution in [2.24, 2.45) is 5.92 Å². The Morgan fingerprint density at radius 1 is 0.735 bits per heavy atom. The molecule has 0 bridgehead atoms. The molecule has 6 aromatic rings. The molecule has 0 amide bonds. The van der Waals surface area contributed by atoms with Crippen LogP contribution in [0.25, 0.3) is 55.7 Å². The van der Waals surface area contributed by atoms with Crippen LogP contribution < -0.4 is 0 Å². The second-order valence-corrected chi connectivity index (χ2v) is 13.0. The molecule has 0 fully saturated rings. The van der Waals surface area contributed by atoms with Crippen LogP contribution in [0.3, 0.4) is 0 Å². The highest BCUT2D eigenvalue weighted by molar-refractivity contribution is 6.09. The third kappa shape index (κ3) is 4.73. The Labute approximate surface area is 285 Å². The SMILES string of the molecule is N#CC1=CCC(C2C=CC=C(c3ccc(C#N)cc3-n3c4ccccc4c4ccccc43)C2)=CC(n2c3c(c4ccccc42)C=CCC3)=C1. The Bertz CT molecular complexity index is 2580. The lowest BCUT2D eigenvalue weighted by Crippen LogP contribution is -2.09. The number of aromatic nitrogens is 2. The fourth-order valence-electron chi connectivity index (χ4n) is 8.04. The predicted octanol–water partition coefficient (Wildman–Crippen LogP) is 10.9. The molecule has 49 heavy (non-hydrogen) atoms. The van der Waals surface area contributed by atoms with Crippen LogP contribution in [0.5, 0.6) is 0 Å². The second-order valence-electron chi connectivity index (χ2n) is 13.0. The van der Waals surface area contributed by atoms with Gasteiger partial charge in [0.1, 0.15) is 0 Å². The van der Waals surface area contributed by atoms with Crippen molar-refractivity contribution >= 4 is 50.1 Å². The average molecular weight is 629 g/mol. The molecule has 0 spiro atoms. The molecule has 0 saturated carbocycles. The molecule has 0 aliphatic heterocycles. The summed E-state index contributed by atoms with van der Waals surface area (Å²) in [6.45, 7) is 0. The Morgan fingerprint density at radius 3 is 2.18 bits per heavy atom. The average Bonchev–Trinajstić information content (AvgIpc) is 3.58. The van der Waals surface area contributed by atoms with Gasteiger partial charge >= 0.3 is 0 Å². The predicted molar refractivity (Wildman–Crippen MR) is 201 cm³/mol. The number of rotatable bonds is 4. The van der Waals surface area contributed by atoms with E-state index in [-0.39, 0.29) is 5.92 Å². The number of benzene rings is 4. The third-order valence-electron chi connectivity index (χ3n) is 10.3. The van der Waals surface area contributed by atoms with E-state index in [0.717, 1.165) is 47.2 Å². The standard InChI is InChI=1S/C45H32N4/c46-28-30-20-22-33(27-35(24-30)48-41-16-5-1-12-37(41)38-13-2-6-17-42(38)48)32-10-9-11-34(26-32)36-23-21-31(29-47)25-45(36)49-43-18-7-3-14-39(43)40-15-4-8-19-44(40)49/h1-5,7-16,18-21,23-25,27,32H,6,17,22,26H2. The fourth-order valence-corrected chi connectivity index (χ4v) is 8.04. The number of allylic oxidation sites excluding steroid dienone is 11. The van der Waals surface area contributed by atoms with Crippen LogP contribution in [0.15, 0.2) is 145 Å². The molecule has 232 valence electrons. The van der Waals surface area contributed by atoms with Gasteiger partial charge in [-0.25, -0.2) is 0 Å². The molecule has 0 N–H and O–H groups in total. The van der Waals surface area contributed by atoms with Crippen LogP contribution in [0.2, 0.25) is 0 Å². The van der Waals surface area contributed by atoms with E-state index in [9.17, 15) is 10.5 Å². The maximum absolute atomic E-state index is 10.1. The van der Waals surface area contributed by atoms with E-state index in [0.29, 0.717) is 17.6 Å². The van der Waals surface area contributed by atoms with Crippen molar-refractivity contribution in [2.45, 2.75) is 25.7 Å². The molecule has 9 rings (SSSR count). The highest BCUT2D eigenvalue weighted by atomic mass is 15.0. The van der Waals surface area contributed by atoms with Crippen molar-refractivity contribution in [1.29, 1.82) is 10.5 Å². The quantitative estimate of drug-likeness (QED) is 0.195. The van der Waals surface area contributed by atoms with Crippen molar-refractivity contribution < 1.29 is 0 Å². The van der Waals surface area contributed by atoms with E-state index in [1.54, 1.807) is 0 Å². The second kappa shape index (κ2) is 11.7. The molecule has 0 saturated heterocycles. The first kappa shape index (κ1) is 28.8. The minimum atomic E-state index is 0.150. The lowest BCUT2D eigenvalue weighted by molar-refractivity contribution is 0.757. The highest BCUT2D eigenvalue weighted by Crippen LogP contribution is 2.41. The van der Waals surface area contributed by atoms with Crippen molar-refractivity contribution in [1.82, 2.24) is 9.13 Å². The maximum Gasteiger partial charge on any atom is 0.0992 e. The first-order valence-electron chi connectivity index (χ1n) is 16.9. The molecule has 1 unspecified atom stereocenters. The number of hydrogen-bond acceptors (Lipinski definition) is 2. The zero-order valence-corrected chi connectivity index (χ0v) is 27.0. The van der Waals surface area contributed by atoms with Crippen LogP contribution in [-0.4, -0.2) is 9.13 Å². The van der Waals surface area contributed by atoms with Gasteiger partial charge in [-0.1, -0.05) is 103 Å². The minimum Gasteiger partial charge on any atom is -0.313 e. The van der Waals surface area contributed by atoms with Gasteiger partial charge in [0.15, 0.2) is 0 Å². The molecule has 3 aliphatic rings. The van der Waals surface area contributed by atoms with Crippen molar-refractivity contribution in [3.05, 3.63) is 167 Å². The zero-order valence-electron chi connectivity index (χ0n) is 27.0. The van der Waals surface area contributed by atoms with Gasteiger partial charge < -0.3 is 9.13 Å². The fraction of sp³-hybridized carbons (Fsp3) is 0.111. The van der Waals surface area contributed by atoms with Gasteiger partial charge in [0.2, 0.25) is 0 Å². The van der Waals surface area contributed by atoms with Gasteiger partial charge in [-0.15, -0.1) is 0 Å². The molecular formula is C45H32N4. The van der Waals surface area contributed by atoms with E-state index in [2.05, 4.69) is 149 Å². The molecule has 1 atom stereocenters. The van der Waals surface area contributed by atoms with Crippen LogP contribution in [0.1, 0.15) is 41.6 Å². The molecule has 2 aromatic heterocycles. The van der Waals surface area contributed by atoms with E-state index in [1.807, 2.05) is 12.1 Å². The Morgan fingerprint density at radius 2 is 1.45 bits per heavy atom. The van der Waals surface area contributed by atoms with Crippen LogP contribution in [0.4, 0.5) is 0 Å². The first-order chi connectivity index (χ1) is 24.2. The number of nitriles is 2. The highest BCUT2D eigenvalue weighted by Gasteiger charge is 2.24. The Hall–Kier alpha value is -6.36. The normalized spacial score (nSPS) is 17.1. The van der Waals surface area contributed by atoms with Crippen molar-refractivity contribution in [2.75, 3.05) is 0 Å². The molecule has 4 heteroatoms. The lowest BCUT2D eigenvalue weighted by atomic mass is 9.83. The summed E-state index contributed by atoms with van der Waals surface area (Å²) in [5.74, 6) is 0.150. The van der Waals surface area contributed by atoms with E-state index >= 15 is 0 Å². The van der Waals surface area contributed by atoms with Gasteiger partial charge in [0, 0.05) is 44.6 Å². The van der Waals surface area contributed by atoms with Gasteiger partial charge in [-0.3, -0.25) is 0 Å². The molecular weight excluding hydrogens is 597 g/mol.